The molecule has 0 saturated carbocycles. The Balaban J connectivity index is 2.28. The van der Waals surface area contributed by atoms with E-state index in [9.17, 15) is 23.1 Å². The third-order valence-corrected chi connectivity index (χ3v) is 3.74. The van der Waals surface area contributed by atoms with Gasteiger partial charge in [0.25, 0.3) is 5.91 Å². The van der Waals surface area contributed by atoms with E-state index in [1.807, 2.05) is 0 Å². The number of hydrogen-bond donors (Lipinski definition) is 1. The molecule has 1 fully saturated rings. The second kappa shape index (κ2) is 6.85. The predicted octanol–water partition coefficient (Wildman–Crippen LogP) is 2.44. The van der Waals surface area contributed by atoms with Gasteiger partial charge in [-0.25, -0.2) is 0 Å². The predicted molar refractivity (Wildman–Crippen MR) is 73.8 cm³/mol. The highest BCUT2D eigenvalue weighted by molar-refractivity contribution is 6.33. The van der Waals surface area contributed by atoms with Crippen LogP contribution in [0.25, 0.3) is 0 Å². The number of carbonyl (C=O) groups is 1. The molecule has 1 aliphatic heterocycles. The minimum absolute atomic E-state index is 0.0382. The smallest absolute Gasteiger partial charge is 0.396 e. The lowest BCUT2D eigenvalue weighted by atomic mass is 10.1. The first kappa shape index (κ1) is 17.1. The zero-order valence-corrected chi connectivity index (χ0v) is 12.3. The van der Waals surface area contributed by atoms with E-state index in [0.29, 0.717) is 6.61 Å². The van der Waals surface area contributed by atoms with Crippen LogP contribution in [0.5, 0.6) is 0 Å². The van der Waals surface area contributed by atoms with Gasteiger partial charge in [-0.15, -0.1) is 0 Å². The Morgan fingerprint density at radius 2 is 2.18 bits per heavy atom. The summed E-state index contributed by atoms with van der Waals surface area (Å²) in [6.45, 7) is 0.847. The van der Waals surface area contributed by atoms with Crippen LogP contribution in [0, 0.1) is 5.92 Å². The standard InChI is InChI=1S/C14H15ClF3NO3/c15-12-2-1-10(14(16,17)18)5-11(12)13(21)19-3-4-22-8-9(6-19)7-20/h1-2,5,9,20H,3-4,6-8H2/t9-/m1/s1. The average molecular weight is 338 g/mol. The molecule has 1 amide bonds. The molecule has 0 radical (unpaired) electrons. The lowest BCUT2D eigenvalue weighted by Gasteiger charge is -2.23. The fourth-order valence-electron chi connectivity index (χ4n) is 2.21. The Labute approximate surface area is 130 Å². The molecule has 122 valence electrons. The first-order valence-electron chi connectivity index (χ1n) is 6.67. The summed E-state index contributed by atoms with van der Waals surface area (Å²) >= 11 is 5.88. The Morgan fingerprint density at radius 3 is 2.82 bits per heavy atom. The molecule has 1 saturated heterocycles. The number of aliphatic hydroxyl groups is 1. The molecule has 1 aromatic carbocycles. The molecular weight excluding hydrogens is 323 g/mol. The van der Waals surface area contributed by atoms with Gasteiger partial charge >= 0.3 is 6.18 Å². The third-order valence-electron chi connectivity index (χ3n) is 3.41. The van der Waals surface area contributed by atoms with Crippen molar-refractivity contribution in [2.45, 2.75) is 6.18 Å². The van der Waals surface area contributed by atoms with Crippen molar-refractivity contribution < 1.29 is 27.8 Å². The number of rotatable bonds is 2. The van der Waals surface area contributed by atoms with Crippen molar-refractivity contribution in [2.75, 3.05) is 32.9 Å². The average Bonchev–Trinajstić information content (AvgIpc) is 2.71. The van der Waals surface area contributed by atoms with E-state index < -0.39 is 17.6 Å². The van der Waals surface area contributed by atoms with Gasteiger partial charge in [-0.3, -0.25) is 4.79 Å². The lowest BCUT2D eigenvalue weighted by Crippen LogP contribution is -2.37. The number of benzene rings is 1. The molecule has 0 aliphatic carbocycles. The summed E-state index contributed by atoms with van der Waals surface area (Å²) in [6.07, 6.45) is -4.55. The van der Waals surface area contributed by atoms with Gasteiger partial charge in [0.2, 0.25) is 0 Å². The molecule has 0 aromatic heterocycles. The van der Waals surface area contributed by atoms with Crippen LogP contribution in [0.2, 0.25) is 5.02 Å². The summed E-state index contributed by atoms with van der Waals surface area (Å²) in [4.78, 5) is 13.8. The van der Waals surface area contributed by atoms with Gasteiger partial charge in [-0.1, -0.05) is 11.6 Å². The highest BCUT2D eigenvalue weighted by Gasteiger charge is 2.32. The highest BCUT2D eigenvalue weighted by Crippen LogP contribution is 2.32. The number of aliphatic hydroxyl groups excluding tert-OH is 1. The van der Waals surface area contributed by atoms with Gasteiger partial charge in [0.15, 0.2) is 0 Å². The van der Waals surface area contributed by atoms with E-state index in [-0.39, 0.29) is 42.8 Å². The normalized spacial score (nSPS) is 19.9. The Hall–Kier alpha value is -1.31. The molecular formula is C14H15ClF3NO3. The van der Waals surface area contributed by atoms with Crippen molar-refractivity contribution in [1.82, 2.24) is 4.90 Å². The molecule has 1 N–H and O–H groups in total. The quantitative estimate of drug-likeness (QED) is 0.902. The van der Waals surface area contributed by atoms with Crippen LogP contribution in [-0.4, -0.2) is 48.8 Å². The Kier molecular flexibility index (Phi) is 5.31. The van der Waals surface area contributed by atoms with Crippen molar-refractivity contribution in [3.05, 3.63) is 34.3 Å². The van der Waals surface area contributed by atoms with Crippen molar-refractivity contribution >= 4 is 17.5 Å². The summed E-state index contributed by atoms with van der Waals surface area (Å²) in [5.41, 5.74) is -1.12. The zero-order valence-electron chi connectivity index (χ0n) is 11.6. The number of carbonyl (C=O) groups excluding carboxylic acids is 1. The van der Waals surface area contributed by atoms with Gasteiger partial charge in [0.1, 0.15) is 0 Å². The molecule has 1 heterocycles. The Bertz CT molecular complexity index is 551. The van der Waals surface area contributed by atoms with Crippen molar-refractivity contribution in [3.63, 3.8) is 0 Å². The van der Waals surface area contributed by atoms with Crippen LogP contribution in [0.1, 0.15) is 15.9 Å². The molecule has 4 nitrogen and oxygen atoms in total. The van der Waals surface area contributed by atoms with E-state index in [0.717, 1.165) is 18.2 Å². The molecule has 22 heavy (non-hydrogen) atoms. The molecule has 1 aliphatic rings. The van der Waals surface area contributed by atoms with Crippen LogP contribution >= 0.6 is 11.6 Å². The number of nitrogens with zero attached hydrogens (tertiary/aromatic N) is 1. The SMILES string of the molecule is O=C(c1cc(C(F)(F)F)ccc1Cl)N1CCOC[C@@H](CO)C1. The van der Waals surface area contributed by atoms with Crippen molar-refractivity contribution in [2.24, 2.45) is 5.92 Å². The van der Waals surface area contributed by atoms with Crippen molar-refractivity contribution in [1.29, 1.82) is 0 Å². The summed E-state index contributed by atoms with van der Waals surface area (Å²) in [6, 6.07) is 2.65. The largest absolute Gasteiger partial charge is 0.416 e. The molecule has 0 unspecified atom stereocenters. The van der Waals surface area contributed by atoms with Crippen LogP contribution in [0.4, 0.5) is 13.2 Å². The van der Waals surface area contributed by atoms with Gasteiger partial charge in [-0.05, 0) is 18.2 Å². The minimum Gasteiger partial charge on any atom is -0.396 e. The fourth-order valence-corrected chi connectivity index (χ4v) is 2.41. The first-order chi connectivity index (χ1) is 10.3. The van der Waals surface area contributed by atoms with Gasteiger partial charge in [-0.2, -0.15) is 13.2 Å². The fraction of sp³-hybridized carbons (Fsp3) is 0.500. The number of alkyl halides is 3. The van der Waals surface area contributed by atoms with Gasteiger partial charge < -0.3 is 14.7 Å². The summed E-state index contributed by atoms with van der Waals surface area (Å²) in [5, 5.41) is 9.16. The minimum atomic E-state index is -4.55. The Morgan fingerprint density at radius 1 is 1.45 bits per heavy atom. The lowest BCUT2D eigenvalue weighted by molar-refractivity contribution is -0.137. The topological polar surface area (TPSA) is 49.8 Å². The molecule has 1 aromatic rings. The van der Waals surface area contributed by atoms with Gasteiger partial charge in [0, 0.05) is 25.6 Å². The molecule has 0 bridgehead atoms. The maximum Gasteiger partial charge on any atom is 0.416 e. The molecule has 1 atom stereocenters. The van der Waals surface area contributed by atoms with Crippen molar-refractivity contribution in [3.8, 4) is 0 Å². The highest BCUT2D eigenvalue weighted by atomic mass is 35.5. The monoisotopic (exact) mass is 337 g/mol. The maximum absolute atomic E-state index is 12.8. The first-order valence-corrected chi connectivity index (χ1v) is 7.05. The second-order valence-electron chi connectivity index (χ2n) is 5.07. The number of ether oxygens (including phenoxy) is 1. The second-order valence-corrected chi connectivity index (χ2v) is 5.47. The van der Waals surface area contributed by atoms with E-state index in [1.54, 1.807) is 0 Å². The molecule has 8 heteroatoms. The van der Waals surface area contributed by atoms with E-state index in [4.69, 9.17) is 16.3 Å². The number of hydrogen-bond acceptors (Lipinski definition) is 3. The van der Waals surface area contributed by atoms with Crippen LogP contribution in [-0.2, 0) is 10.9 Å². The van der Waals surface area contributed by atoms with Gasteiger partial charge in [0.05, 0.1) is 29.4 Å². The molecule has 0 spiro atoms. The van der Waals surface area contributed by atoms with Crippen LogP contribution in [0.3, 0.4) is 0 Å². The summed E-state index contributed by atoms with van der Waals surface area (Å²) in [5.74, 6) is -0.865. The van der Waals surface area contributed by atoms with E-state index in [2.05, 4.69) is 0 Å². The number of halogens is 4. The summed E-state index contributed by atoms with van der Waals surface area (Å²) in [7, 11) is 0. The number of amides is 1. The van der Waals surface area contributed by atoms with Crippen LogP contribution in [0.15, 0.2) is 18.2 Å². The summed E-state index contributed by atoms with van der Waals surface area (Å²) < 4.78 is 43.6. The maximum atomic E-state index is 12.8. The van der Waals surface area contributed by atoms with Crippen LogP contribution < -0.4 is 0 Å². The van der Waals surface area contributed by atoms with E-state index >= 15 is 0 Å². The van der Waals surface area contributed by atoms with E-state index in [1.165, 1.54) is 4.90 Å². The zero-order chi connectivity index (χ0) is 16.3. The third kappa shape index (κ3) is 3.91. The molecule has 2 rings (SSSR count).